The Morgan fingerprint density at radius 2 is 2.00 bits per heavy atom. The Bertz CT molecular complexity index is 484. The normalized spacial score (nSPS) is 13.5. The fraction of sp³-hybridized carbons (Fsp3) is 0.455. The quantitative estimate of drug-likeness (QED) is 0.721. The van der Waals surface area contributed by atoms with Gasteiger partial charge < -0.3 is 15.5 Å². The lowest BCUT2D eigenvalue weighted by Crippen LogP contribution is -2.32. The van der Waals surface area contributed by atoms with Gasteiger partial charge in [0.25, 0.3) is 0 Å². The van der Waals surface area contributed by atoms with E-state index in [0.29, 0.717) is 12.1 Å². The third kappa shape index (κ3) is 5.06. The molecule has 3 N–H and O–H groups in total. The van der Waals surface area contributed by atoms with E-state index in [2.05, 4.69) is 5.32 Å². The van der Waals surface area contributed by atoms with Gasteiger partial charge in [0, 0.05) is 30.5 Å². The summed E-state index contributed by atoms with van der Waals surface area (Å²) in [5.41, 5.74) is 0.614. The zero-order chi connectivity index (χ0) is 13.1. The molecule has 0 fully saturated rings. The average Bonchev–Trinajstić information content (AvgIpc) is 2.13. The highest BCUT2D eigenvalue weighted by atomic mass is 32.2. The second-order valence-electron chi connectivity index (χ2n) is 4.19. The van der Waals surface area contributed by atoms with Crippen LogP contribution in [-0.2, 0) is 16.4 Å². The molecule has 0 saturated carbocycles. The second kappa shape index (κ2) is 5.37. The van der Waals surface area contributed by atoms with Crippen molar-refractivity contribution in [2.24, 2.45) is 0 Å². The van der Waals surface area contributed by atoms with Gasteiger partial charge in [0.1, 0.15) is 21.3 Å². The molecule has 0 aliphatic carbocycles. The molecule has 0 spiro atoms. The molecule has 0 aliphatic heterocycles. The molecule has 1 atom stereocenters. The lowest BCUT2D eigenvalue weighted by Gasteiger charge is -2.13. The largest absolute Gasteiger partial charge is 0.508 e. The van der Waals surface area contributed by atoms with Gasteiger partial charge in [-0.05, 0) is 13.0 Å². The molecule has 0 aliphatic rings. The number of hydrogen-bond donors (Lipinski definition) is 3. The van der Waals surface area contributed by atoms with Crippen molar-refractivity contribution in [3.05, 3.63) is 23.8 Å². The minimum absolute atomic E-state index is 0.00423. The van der Waals surface area contributed by atoms with Gasteiger partial charge in [-0.25, -0.2) is 8.42 Å². The topological polar surface area (TPSA) is 86.6 Å². The summed E-state index contributed by atoms with van der Waals surface area (Å²) in [7, 11) is -3.01. The molecule has 1 aromatic carbocycles. The molecule has 0 amide bonds. The summed E-state index contributed by atoms with van der Waals surface area (Å²) in [5, 5.41) is 21.6. The summed E-state index contributed by atoms with van der Waals surface area (Å²) in [6.45, 7) is 2.11. The van der Waals surface area contributed by atoms with Crippen LogP contribution in [-0.4, -0.2) is 36.7 Å². The minimum Gasteiger partial charge on any atom is -0.508 e. The van der Waals surface area contributed by atoms with Crippen LogP contribution in [0.4, 0.5) is 0 Å². The van der Waals surface area contributed by atoms with Crippen LogP contribution in [0.5, 0.6) is 11.5 Å². The van der Waals surface area contributed by atoms with Crippen molar-refractivity contribution in [1.82, 2.24) is 5.32 Å². The number of hydrogen-bond acceptors (Lipinski definition) is 5. The first kappa shape index (κ1) is 13.8. The monoisotopic (exact) mass is 259 g/mol. The molecule has 17 heavy (non-hydrogen) atoms. The Morgan fingerprint density at radius 3 is 2.53 bits per heavy atom. The zero-order valence-corrected chi connectivity index (χ0v) is 10.7. The van der Waals surface area contributed by atoms with Crippen molar-refractivity contribution in [2.45, 2.75) is 19.5 Å². The summed E-state index contributed by atoms with van der Waals surface area (Å²) in [6, 6.07) is 4.11. The second-order valence-corrected chi connectivity index (χ2v) is 6.37. The highest BCUT2D eigenvalue weighted by Gasteiger charge is 2.10. The van der Waals surface area contributed by atoms with E-state index in [1.165, 1.54) is 18.4 Å². The highest BCUT2D eigenvalue weighted by molar-refractivity contribution is 7.90. The number of benzene rings is 1. The molecular formula is C11H17NO4S. The van der Waals surface area contributed by atoms with E-state index >= 15 is 0 Å². The standard InChI is InChI=1S/C11H17NO4S/c1-8(7-17(2,15)16)12-6-9-3-4-10(13)5-11(9)14/h3-5,8,12-14H,6-7H2,1-2H3. The van der Waals surface area contributed by atoms with E-state index in [4.69, 9.17) is 5.11 Å². The molecule has 1 rings (SSSR count). The van der Waals surface area contributed by atoms with Gasteiger partial charge in [-0.2, -0.15) is 0 Å². The number of nitrogens with one attached hydrogen (secondary N) is 1. The Morgan fingerprint density at radius 1 is 1.35 bits per heavy atom. The molecule has 0 aromatic heterocycles. The first-order chi connectivity index (χ1) is 7.78. The highest BCUT2D eigenvalue weighted by Crippen LogP contribution is 2.22. The third-order valence-corrected chi connectivity index (χ3v) is 3.37. The summed E-state index contributed by atoms with van der Waals surface area (Å²) in [5.74, 6) is 0.0331. The lowest BCUT2D eigenvalue weighted by molar-refractivity contribution is 0.442. The molecule has 96 valence electrons. The van der Waals surface area contributed by atoms with Crippen LogP contribution in [0, 0.1) is 0 Å². The van der Waals surface area contributed by atoms with Gasteiger partial charge in [0.15, 0.2) is 0 Å². The number of sulfone groups is 1. The fourth-order valence-electron chi connectivity index (χ4n) is 1.50. The molecule has 0 heterocycles. The lowest BCUT2D eigenvalue weighted by atomic mass is 10.2. The van der Waals surface area contributed by atoms with E-state index < -0.39 is 9.84 Å². The summed E-state index contributed by atoms with van der Waals surface area (Å²) in [6.07, 6.45) is 1.18. The van der Waals surface area contributed by atoms with Crippen LogP contribution in [0.25, 0.3) is 0 Å². The van der Waals surface area contributed by atoms with Crippen LogP contribution >= 0.6 is 0 Å². The third-order valence-electron chi connectivity index (χ3n) is 2.26. The molecule has 0 saturated heterocycles. The summed E-state index contributed by atoms with van der Waals surface area (Å²) < 4.78 is 22.1. The predicted molar refractivity (Wildman–Crippen MR) is 65.8 cm³/mol. The number of phenolic OH excluding ortho intramolecular Hbond substituents is 2. The van der Waals surface area contributed by atoms with Crippen molar-refractivity contribution in [2.75, 3.05) is 12.0 Å². The maximum atomic E-state index is 11.0. The van der Waals surface area contributed by atoms with Gasteiger partial charge in [0.05, 0.1) is 5.75 Å². The Kier molecular flexibility index (Phi) is 4.36. The number of rotatable bonds is 5. The van der Waals surface area contributed by atoms with Crippen molar-refractivity contribution >= 4 is 9.84 Å². The Balaban J connectivity index is 2.56. The molecule has 5 nitrogen and oxygen atoms in total. The van der Waals surface area contributed by atoms with E-state index in [-0.39, 0.29) is 23.3 Å². The summed E-state index contributed by atoms with van der Waals surface area (Å²) in [4.78, 5) is 0. The van der Waals surface area contributed by atoms with Gasteiger partial charge in [0.2, 0.25) is 0 Å². The van der Waals surface area contributed by atoms with Gasteiger partial charge >= 0.3 is 0 Å². The summed E-state index contributed by atoms with van der Waals surface area (Å²) >= 11 is 0. The molecule has 0 radical (unpaired) electrons. The number of aromatic hydroxyl groups is 2. The fourth-order valence-corrected chi connectivity index (χ4v) is 2.53. The van der Waals surface area contributed by atoms with Crippen LogP contribution in [0.3, 0.4) is 0 Å². The van der Waals surface area contributed by atoms with E-state index in [1.807, 2.05) is 0 Å². The van der Waals surface area contributed by atoms with E-state index in [1.54, 1.807) is 13.0 Å². The first-order valence-electron chi connectivity index (χ1n) is 5.20. The predicted octanol–water partition coefficient (Wildman–Crippen LogP) is 0.620. The van der Waals surface area contributed by atoms with Crippen molar-refractivity contribution in [1.29, 1.82) is 0 Å². The van der Waals surface area contributed by atoms with Gasteiger partial charge in [-0.15, -0.1) is 0 Å². The Labute approximate surface area is 101 Å². The van der Waals surface area contributed by atoms with Crippen molar-refractivity contribution in [3.63, 3.8) is 0 Å². The van der Waals surface area contributed by atoms with E-state index in [9.17, 15) is 13.5 Å². The van der Waals surface area contributed by atoms with E-state index in [0.717, 1.165) is 0 Å². The maximum absolute atomic E-state index is 11.0. The van der Waals surface area contributed by atoms with Crippen molar-refractivity contribution in [3.8, 4) is 11.5 Å². The van der Waals surface area contributed by atoms with Crippen molar-refractivity contribution < 1.29 is 18.6 Å². The minimum atomic E-state index is -3.01. The molecule has 1 aromatic rings. The molecule has 1 unspecified atom stereocenters. The SMILES string of the molecule is CC(CS(C)(=O)=O)NCc1ccc(O)cc1O. The average molecular weight is 259 g/mol. The van der Waals surface area contributed by atoms with Gasteiger partial charge in [-0.1, -0.05) is 6.07 Å². The van der Waals surface area contributed by atoms with Crippen LogP contribution in [0.1, 0.15) is 12.5 Å². The smallest absolute Gasteiger partial charge is 0.148 e. The van der Waals surface area contributed by atoms with Crippen LogP contribution < -0.4 is 5.32 Å². The molecule has 6 heteroatoms. The molecular weight excluding hydrogens is 242 g/mol. The number of phenols is 2. The maximum Gasteiger partial charge on any atom is 0.148 e. The van der Waals surface area contributed by atoms with Gasteiger partial charge in [-0.3, -0.25) is 0 Å². The first-order valence-corrected chi connectivity index (χ1v) is 7.26. The zero-order valence-electron chi connectivity index (χ0n) is 9.84. The van der Waals surface area contributed by atoms with Crippen LogP contribution in [0.15, 0.2) is 18.2 Å². The Hall–Kier alpha value is -1.27. The van der Waals surface area contributed by atoms with Crippen LogP contribution in [0.2, 0.25) is 0 Å². The molecule has 0 bridgehead atoms.